The van der Waals surface area contributed by atoms with Crippen molar-refractivity contribution in [2.45, 2.75) is 44.2 Å². The van der Waals surface area contributed by atoms with E-state index >= 15 is 0 Å². The first kappa shape index (κ1) is 28.2. The van der Waals surface area contributed by atoms with Gasteiger partial charge in [-0.25, -0.2) is 9.78 Å². The summed E-state index contributed by atoms with van der Waals surface area (Å²) in [6.45, 7) is 0.985. The standard InChI is InChI=1S/C22H24N4O5.C2HF3O2/c27-22(28)13-16(15-7-8-17-18(11-15)30-14-29-17)12-21-25-20(26-31-21)6-2-4-10-24-19-5-1-3-9-23-19;3-2(4,5)1(6)7/h1,3,5,7-9,11,16H,2,4,6,10,12-14H2,(H,23,24)(H,27,28);(H,6,7). The number of unbranched alkanes of at least 4 members (excludes halogenated alkanes) is 1. The van der Waals surface area contributed by atoms with Crippen molar-refractivity contribution in [2.24, 2.45) is 0 Å². The summed E-state index contributed by atoms with van der Waals surface area (Å²) < 4.78 is 47.9. The minimum absolute atomic E-state index is 0.0451. The molecule has 38 heavy (non-hydrogen) atoms. The summed E-state index contributed by atoms with van der Waals surface area (Å²) in [6, 6.07) is 11.2. The number of hydrogen-bond acceptors (Lipinski definition) is 9. The molecule has 0 spiro atoms. The molecule has 0 saturated carbocycles. The van der Waals surface area contributed by atoms with Crippen molar-refractivity contribution in [3.8, 4) is 11.5 Å². The fourth-order valence-corrected chi connectivity index (χ4v) is 3.46. The van der Waals surface area contributed by atoms with Crippen LogP contribution < -0.4 is 14.8 Å². The summed E-state index contributed by atoms with van der Waals surface area (Å²) in [4.78, 5) is 29.0. The molecule has 1 atom stereocenters. The van der Waals surface area contributed by atoms with Crippen molar-refractivity contribution in [2.75, 3.05) is 18.7 Å². The molecule has 0 radical (unpaired) electrons. The highest BCUT2D eigenvalue weighted by Gasteiger charge is 2.38. The molecular formula is C24H25F3N4O7. The lowest BCUT2D eigenvalue weighted by Crippen LogP contribution is -2.21. The van der Waals surface area contributed by atoms with Crippen molar-refractivity contribution in [1.82, 2.24) is 15.1 Å². The van der Waals surface area contributed by atoms with Gasteiger partial charge in [0.15, 0.2) is 17.3 Å². The molecule has 1 aliphatic heterocycles. The second-order valence-electron chi connectivity index (χ2n) is 8.12. The van der Waals surface area contributed by atoms with Gasteiger partial charge in [-0.2, -0.15) is 18.2 Å². The average molecular weight is 538 g/mol. The lowest BCUT2D eigenvalue weighted by Gasteiger charge is -2.13. The smallest absolute Gasteiger partial charge is 0.481 e. The van der Waals surface area contributed by atoms with Gasteiger partial charge in [0.05, 0.1) is 6.42 Å². The summed E-state index contributed by atoms with van der Waals surface area (Å²) in [5.41, 5.74) is 0.840. The molecule has 0 fully saturated rings. The number of nitrogens with one attached hydrogen (secondary N) is 1. The fourth-order valence-electron chi connectivity index (χ4n) is 3.46. The molecule has 2 aromatic heterocycles. The number of hydrogen-bond donors (Lipinski definition) is 3. The van der Waals surface area contributed by atoms with Crippen molar-refractivity contribution in [1.29, 1.82) is 0 Å². The maximum atomic E-state index is 11.4. The molecular weight excluding hydrogens is 513 g/mol. The van der Waals surface area contributed by atoms with E-state index in [0.29, 0.717) is 36.1 Å². The first-order valence-electron chi connectivity index (χ1n) is 11.5. The molecule has 0 amide bonds. The normalized spacial score (nSPS) is 12.8. The Morgan fingerprint density at radius 3 is 2.53 bits per heavy atom. The highest BCUT2D eigenvalue weighted by Crippen LogP contribution is 2.36. The average Bonchev–Trinajstić information content (AvgIpc) is 3.52. The van der Waals surface area contributed by atoms with Gasteiger partial charge in [-0.3, -0.25) is 4.79 Å². The van der Waals surface area contributed by atoms with Gasteiger partial charge >= 0.3 is 18.1 Å². The third-order valence-corrected chi connectivity index (χ3v) is 5.26. The number of carboxylic acids is 2. The number of carbonyl (C=O) groups is 2. The van der Waals surface area contributed by atoms with Gasteiger partial charge in [0.2, 0.25) is 12.7 Å². The molecule has 1 aliphatic rings. The number of carboxylic acid groups (broad SMARTS) is 2. The molecule has 3 heterocycles. The fraction of sp³-hybridized carbons (Fsp3) is 0.375. The first-order chi connectivity index (χ1) is 18.1. The van der Waals surface area contributed by atoms with E-state index in [0.717, 1.165) is 30.8 Å². The predicted octanol–water partition coefficient (Wildman–Crippen LogP) is 4.06. The molecule has 204 valence electrons. The largest absolute Gasteiger partial charge is 0.490 e. The SMILES string of the molecule is O=C(O)C(F)(F)F.O=C(O)CC(Cc1nc(CCCCNc2ccccn2)no1)c1ccc2c(c1)OCO2. The van der Waals surface area contributed by atoms with Crippen LogP contribution in [0.1, 0.15) is 42.5 Å². The van der Waals surface area contributed by atoms with Crippen molar-refractivity contribution < 1.29 is 47.0 Å². The Labute approximate surface area is 214 Å². The zero-order valence-corrected chi connectivity index (χ0v) is 20.0. The molecule has 1 unspecified atom stereocenters. The lowest BCUT2D eigenvalue weighted by molar-refractivity contribution is -0.192. The van der Waals surface area contributed by atoms with E-state index in [9.17, 15) is 23.1 Å². The maximum absolute atomic E-state index is 11.4. The van der Waals surface area contributed by atoms with E-state index in [4.69, 9.17) is 23.9 Å². The Hall–Kier alpha value is -4.36. The second-order valence-corrected chi connectivity index (χ2v) is 8.12. The molecule has 3 aromatic rings. The molecule has 0 bridgehead atoms. The van der Waals surface area contributed by atoms with Crippen LogP contribution in [0.25, 0.3) is 0 Å². The van der Waals surface area contributed by atoms with E-state index in [-0.39, 0.29) is 19.1 Å². The van der Waals surface area contributed by atoms with Crippen LogP contribution in [0, 0.1) is 0 Å². The number of pyridine rings is 1. The summed E-state index contributed by atoms with van der Waals surface area (Å²) in [7, 11) is 0. The zero-order valence-electron chi connectivity index (χ0n) is 20.0. The monoisotopic (exact) mass is 538 g/mol. The van der Waals surface area contributed by atoms with Gasteiger partial charge in [0.1, 0.15) is 5.82 Å². The van der Waals surface area contributed by atoms with Crippen molar-refractivity contribution in [3.63, 3.8) is 0 Å². The number of aliphatic carboxylic acids is 2. The highest BCUT2D eigenvalue weighted by molar-refractivity contribution is 5.73. The summed E-state index contributed by atoms with van der Waals surface area (Å²) >= 11 is 0. The van der Waals surface area contributed by atoms with Crippen LogP contribution in [-0.2, 0) is 22.4 Å². The number of fused-ring (bicyclic) bond motifs is 1. The van der Waals surface area contributed by atoms with E-state index in [1.807, 2.05) is 30.3 Å². The second kappa shape index (κ2) is 13.3. The highest BCUT2D eigenvalue weighted by atomic mass is 19.4. The van der Waals surface area contributed by atoms with Crippen molar-refractivity contribution >= 4 is 17.8 Å². The lowest BCUT2D eigenvalue weighted by atomic mass is 9.92. The van der Waals surface area contributed by atoms with Crippen LogP contribution in [-0.4, -0.2) is 56.8 Å². The Bertz CT molecular complexity index is 1210. The van der Waals surface area contributed by atoms with Gasteiger partial charge in [0, 0.05) is 31.5 Å². The zero-order chi connectivity index (χ0) is 27.5. The van der Waals surface area contributed by atoms with E-state index in [2.05, 4.69) is 20.4 Å². The number of aromatic nitrogens is 3. The first-order valence-corrected chi connectivity index (χ1v) is 11.5. The third-order valence-electron chi connectivity index (χ3n) is 5.26. The number of alkyl halides is 3. The van der Waals surface area contributed by atoms with Crippen molar-refractivity contribution in [3.05, 3.63) is 59.9 Å². The maximum Gasteiger partial charge on any atom is 0.490 e. The molecule has 11 nitrogen and oxygen atoms in total. The van der Waals surface area contributed by atoms with E-state index in [1.165, 1.54) is 0 Å². The number of rotatable bonds is 11. The summed E-state index contributed by atoms with van der Waals surface area (Å²) in [6.07, 6.45) is -0.485. The van der Waals surface area contributed by atoms with Crippen LogP contribution in [0.15, 0.2) is 47.1 Å². The Kier molecular flexibility index (Phi) is 9.85. The molecule has 14 heteroatoms. The number of nitrogens with zero attached hydrogens (tertiary/aromatic N) is 3. The van der Waals surface area contributed by atoms with Gasteiger partial charge < -0.3 is 29.5 Å². The van der Waals surface area contributed by atoms with Gasteiger partial charge in [-0.05, 0) is 42.7 Å². The van der Waals surface area contributed by atoms with Crippen LogP contribution in [0.5, 0.6) is 11.5 Å². The van der Waals surface area contributed by atoms with Crippen LogP contribution in [0.2, 0.25) is 0 Å². The van der Waals surface area contributed by atoms with Crippen LogP contribution >= 0.6 is 0 Å². The van der Waals surface area contributed by atoms with Crippen LogP contribution in [0.4, 0.5) is 19.0 Å². The Morgan fingerprint density at radius 2 is 1.84 bits per heavy atom. The molecule has 0 aliphatic carbocycles. The molecule has 0 saturated heterocycles. The quantitative estimate of drug-likeness (QED) is 0.302. The predicted molar refractivity (Wildman–Crippen MR) is 125 cm³/mol. The Balaban J connectivity index is 0.000000505. The summed E-state index contributed by atoms with van der Waals surface area (Å²) in [5, 5.41) is 23.8. The number of aryl methyl sites for hydroxylation is 1. The summed E-state index contributed by atoms with van der Waals surface area (Å²) in [5.74, 6) is -0.734. The topological polar surface area (TPSA) is 157 Å². The number of ether oxygens (including phenoxy) is 2. The van der Waals surface area contributed by atoms with Gasteiger partial charge in [-0.1, -0.05) is 17.3 Å². The number of anilines is 1. The third kappa shape index (κ3) is 8.94. The molecule has 1 aromatic carbocycles. The van der Waals surface area contributed by atoms with Gasteiger partial charge in [-0.15, -0.1) is 0 Å². The van der Waals surface area contributed by atoms with E-state index < -0.39 is 18.1 Å². The molecule has 4 rings (SSSR count). The molecule has 3 N–H and O–H groups in total. The minimum Gasteiger partial charge on any atom is -0.481 e. The Morgan fingerprint density at radius 1 is 1.08 bits per heavy atom. The van der Waals surface area contributed by atoms with E-state index in [1.54, 1.807) is 12.3 Å². The van der Waals surface area contributed by atoms with Crippen LogP contribution in [0.3, 0.4) is 0 Å². The number of benzene rings is 1. The number of halogens is 3. The minimum atomic E-state index is -5.08. The van der Waals surface area contributed by atoms with Gasteiger partial charge in [0.25, 0.3) is 0 Å².